The van der Waals surface area contributed by atoms with E-state index in [0.29, 0.717) is 38.3 Å². The van der Waals surface area contributed by atoms with Crippen LogP contribution in [0.15, 0.2) is 54.6 Å². The van der Waals surface area contributed by atoms with Crippen LogP contribution in [0.4, 0.5) is 9.18 Å². The highest BCUT2D eigenvalue weighted by Gasteiger charge is 2.28. The molecule has 0 atom stereocenters. The van der Waals surface area contributed by atoms with Gasteiger partial charge >= 0.3 is 6.09 Å². The lowest BCUT2D eigenvalue weighted by Crippen LogP contribution is -2.50. The average Bonchev–Trinajstić information content (AvgIpc) is 3.16. The Hall–Kier alpha value is -3.61. The highest BCUT2D eigenvalue weighted by Crippen LogP contribution is 2.31. The summed E-state index contributed by atoms with van der Waals surface area (Å²) in [7, 11) is 0. The second-order valence-electron chi connectivity index (χ2n) is 8.19. The monoisotopic (exact) mass is 449 g/mol. The highest BCUT2D eigenvalue weighted by atomic mass is 19.1. The molecule has 7 heteroatoms. The van der Waals surface area contributed by atoms with Crippen LogP contribution in [0.25, 0.3) is 16.9 Å². The number of ether oxygens (including phenoxy) is 1. The quantitative estimate of drug-likeness (QED) is 0.574. The summed E-state index contributed by atoms with van der Waals surface area (Å²) in [4.78, 5) is 28.9. The van der Waals surface area contributed by atoms with Crippen molar-refractivity contribution in [2.45, 2.75) is 20.8 Å². The van der Waals surface area contributed by atoms with Crippen molar-refractivity contribution in [1.82, 2.24) is 14.4 Å². The van der Waals surface area contributed by atoms with Crippen LogP contribution < -0.4 is 0 Å². The van der Waals surface area contributed by atoms with E-state index in [0.717, 1.165) is 28.2 Å². The molecule has 0 saturated carbocycles. The van der Waals surface area contributed by atoms with E-state index in [4.69, 9.17) is 4.74 Å². The fraction of sp³-hybridized carbons (Fsp3) is 0.308. The molecule has 33 heavy (non-hydrogen) atoms. The molecule has 0 bridgehead atoms. The van der Waals surface area contributed by atoms with Crippen LogP contribution in [0.5, 0.6) is 0 Å². The first kappa shape index (κ1) is 22.6. The second kappa shape index (κ2) is 9.48. The number of hydrogen-bond acceptors (Lipinski definition) is 3. The van der Waals surface area contributed by atoms with Gasteiger partial charge in [0.25, 0.3) is 5.91 Å². The van der Waals surface area contributed by atoms with Gasteiger partial charge in [0, 0.05) is 37.6 Å². The third kappa shape index (κ3) is 4.62. The maximum atomic E-state index is 13.6. The average molecular weight is 450 g/mol. The van der Waals surface area contributed by atoms with Crippen molar-refractivity contribution in [3.05, 3.63) is 77.2 Å². The van der Waals surface area contributed by atoms with Crippen molar-refractivity contribution in [3.8, 4) is 16.9 Å². The van der Waals surface area contributed by atoms with Crippen molar-refractivity contribution >= 4 is 12.0 Å². The summed E-state index contributed by atoms with van der Waals surface area (Å²) < 4.78 is 20.7. The smallest absolute Gasteiger partial charge is 0.409 e. The van der Waals surface area contributed by atoms with E-state index >= 15 is 0 Å². The number of benzene rings is 2. The number of amides is 2. The third-order valence-corrected chi connectivity index (χ3v) is 5.97. The fourth-order valence-corrected chi connectivity index (χ4v) is 4.23. The molecule has 0 radical (unpaired) electrons. The van der Waals surface area contributed by atoms with Crippen molar-refractivity contribution < 1.29 is 18.7 Å². The molecule has 6 nitrogen and oxygen atoms in total. The van der Waals surface area contributed by atoms with E-state index in [-0.39, 0.29) is 17.8 Å². The van der Waals surface area contributed by atoms with Crippen molar-refractivity contribution in [2.24, 2.45) is 0 Å². The summed E-state index contributed by atoms with van der Waals surface area (Å²) >= 11 is 0. The zero-order chi connectivity index (χ0) is 23.5. The summed E-state index contributed by atoms with van der Waals surface area (Å²) in [6, 6.07) is 16.2. The fourth-order valence-electron chi connectivity index (χ4n) is 4.23. The Morgan fingerprint density at radius 2 is 1.61 bits per heavy atom. The van der Waals surface area contributed by atoms with E-state index in [9.17, 15) is 14.0 Å². The SMILES string of the molecule is CCOC(=O)N1CCN(C(=O)c2cc(-c3ccc(F)cc3)n(-c3cccc(C)c3)c2C)CC1. The van der Waals surface area contributed by atoms with Crippen LogP contribution in [0.1, 0.15) is 28.5 Å². The molecule has 1 fully saturated rings. The van der Waals surface area contributed by atoms with Crippen LogP contribution in [-0.2, 0) is 4.74 Å². The Morgan fingerprint density at radius 1 is 0.939 bits per heavy atom. The number of carbonyl (C=O) groups is 2. The Bertz CT molecular complexity index is 1160. The number of piperazine rings is 1. The minimum absolute atomic E-state index is 0.0780. The number of aryl methyl sites for hydroxylation is 1. The number of aromatic nitrogens is 1. The molecular formula is C26H28FN3O3. The first-order valence-electron chi connectivity index (χ1n) is 11.2. The predicted molar refractivity (Wildman–Crippen MR) is 125 cm³/mol. The standard InChI is InChI=1S/C26H28FN3O3/c1-4-33-26(32)29-14-12-28(13-15-29)25(31)23-17-24(20-8-10-21(27)11-9-20)30(19(23)3)22-7-5-6-18(2)16-22/h5-11,16-17H,4,12-15H2,1-3H3. The van der Waals surface area contributed by atoms with Gasteiger partial charge in [-0.1, -0.05) is 12.1 Å². The summed E-state index contributed by atoms with van der Waals surface area (Å²) in [5.41, 5.74) is 5.11. The van der Waals surface area contributed by atoms with Crippen LogP contribution >= 0.6 is 0 Å². The number of carbonyl (C=O) groups excluding carboxylic acids is 2. The van der Waals surface area contributed by atoms with E-state index < -0.39 is 0 Å². The number of rotatable bonds is 4. The minimum Gasteiger partial charge on any atom is -0.450 e. The van der Waals surface area contributed by atoms with E-state index in [1.165, 1.54) is 12.1 Å². The topological polar surface area (TPSA) is 54.8 Å². The lowest BCUT2D eigenvalue weighted by molar-refractivity contribution is 0.0570. The molecule has 1 aromatic heterocycles. The van der Waals surface area contributed by atoms with Gasteiger partial charge in [-0.2, -0.15) is 0 Å². The van der Waals surface area contributed by atoms with Gasteiger partial charge in [-0.3, -0.25) is 4.79 Å². The molecule has 1 aliphatic heterocycles. The lowest BCUT2D eigenvalue weighted by Gasteiger charge is -2.34. The molecule has 2 heterocycles. The first-order valence-corrected chi connectivity index (χ1v) is 11.2. The van der Waals surface area contributed by atoms with Gasteiger partial charge in [-0.05, 0) is 74.4 Å². The second-order valence-corrected chi connectivity index (χ2v) is 8.19. The maximum Gasteiger partial charge on any atom is 0.409 e. The Labute approximate surface area is 193 Å². The lowest BCUT2D eigenvalue weighted by atomic mass is 10.1. The van der Waals surface area contributed by atoms with Gasteiger partial charge in [-0.15, -0.1) is 0 Å². The minimum atomic E-state index is -0.343. The van der Waals surface area contributed by atoms with Crippen LogP contribution in [0.2, 0.25) is 0 Å². The van der Waals surface area contributed by atoms with Gasteiger partial charge in [0.2, 0.25) is 0 Å². The largest absolute Gasteiger partial charge is 0.450 e. The summed E-state index contributed by atoms with van der Waals surface area (Å²) in [6.45, 7) is 7.82. The van der Waals surface area contributed by atoms with Crippen molar-refractivity contribution in [3.63, 3.8) is 0 Å². The predicted octanol–water partition coefficient (Wildman–Crippen LogP) is 4.81. The molecule has 2 amide bonds. The van der Waals surface area contributed by atoms with Crippen molar-refractivity contribution in [1.29, 1.82) is 0 Å². The number of nitrogens with zero attached hydrogens (tertiary/aromatic N) is 3. The first-order chi connectivity index (χ1) is 15.9. The molecule has 0 spiro atoms. The Kier molecular flexibility index (Phi) is 6.49. The molecule has 2 aromatic carbocycles. The molecule has 4 rings (SSSR count). The number of halogens is 1. The van der Waals surface area contributed by atoms with Gasteiger partial charge in [-0.25, -0.2) is 9.18 Å². The van der Waals surface area contributed by atoms with Gasteiger partial charge in [0.05, 0.1) is 17.9 Å². The molecule has 1 aliphatic rings. The van der Waals surface area contributed by atoms with Crippen LogP contribution in [0, 0.1) is 19.7 Å². The van der Waals surface area contributed by atoms with Gasteiger partial charge in [0.15, 0.2) is 0 Å². The van der Waals surface area contributed by atoms with Crippen LogP contribution in [0.3, 0.4) is 0 Å². The van der Waals surface area contributed by atoms with Gasteiger partial charge in [0.1, 0.15) is 5.82 Å². The molecular weight excluding hydrogens is 421 g/mol. The molecule has 0 aliphatic carbocycles. The molecule has 0 N–H and O–H groups in total. The molecule has 0 unspecified atom stereocenters. The summed E-state index contributed by atoms with van der Waals surface area (Å²) in [6.07, 6.45) is -0.343. The van der Waals surface area contributed by atoms with Crippen molar-refractivity contribution in [2.75, 3.05) is 32.8 Å². The Balaban J connectivity index is 1.68. The summed E-state index contributed by atoms with van der Waals surface area (Å²) in [5.74, 6) is -0.384. The highest BCUT2D eigenvalue weighted by molar-refractivity contribution is 5.97. The van der Waals surface area contributed by atoms with E-state index in [1.54, 1.807) is 28.9 Å². The molecule has 1 saturated heterocycles. The zero-order valence-electron chi connectivity index (χ0n) is 19.2. The number of hydrogen-bond donors (Lipinski definition) is 0. The molecule has 3 aromatic rings. The Morgan fingerprint density at radius 3 is 2.24 bits per heavy atom. The van der Waals surface area contributed by atoms with E-state index in [2.05, 4.69) is 6.07 Å². The summed E-state index contributed by atoms with van der Waals surface area (Å²) in [5, 5.41) is 0. The van der Waals surface area contributed by atoms with Gasteiger partial charge < -0.3 is 19.1 Å². The third-order valence-electron chi connectivity index (χ3n) is 5.97. The van der Waals surface area contributed by atoms with E-state index in [1.807, 2.05) is 42.7 Å². The van der Waals surface area contributed by atoms with Crippen LogP contribution in [-0.4, -0.2) is 59.2 Å². The molecule has 172 valence electrons. The zero-order valence-corrected chi connectivity index (χ0v) is 19.2. The maximum absolute atomic E-state index is 13.6. The normalized spacial score (nSPS) is 13.8.